The molecule has 246 valence electrons. The Morgan fingerprint density at radius 1 is 0.932 bits per heavy atom. The molecule has 1 aliphatic rings. The second-order valence-corrected chi connectivity index (χ2v) is 11.3. The van der Waals surface area contributed by atoms with Crippen LogP contribution in [0.2, 0.25) is 0 Å². The minimum absolute atomic E-state index is 0.171. The molecule has 1 aliphatic heterocycles. The van der Waals surface area contributed by atoms with E-state index in [4.69, 9.17) is 5.73 Å². The van der Waals surface area contributed by atoms with Crippen molar-refractivity contribution in [2.75, 3.05) is 39.3 Å². The van der Waals surface area contributed by atoms with E-state index in [-0.39, 0.29) is 11.5 Å². The zero-order chi connectivity index (χ0) is 33.1. The van der Waals surface area contributed by atoms with Gasteiger partial charge < -0.3 is 20.9 Å². The number of hydrogen-bond donors (Lipinski definition) is 2. The minimum atomic E-state index is -4.51. The highest BCUT2D eigenvalue weighted by Gasteiger charge is 2.30. The Bertz CT molecular complexity index is 1130. The van der Waals surface area contributed by atoms with Gasteiger partial charge in [0.25, 0.3) is 11.8 Å². The molecule has 2 aromatic carbocycles. The predicted octanol–water partition coefficient (Wildman–Crippen LogP) is 6.56. The Morgan fingerprint density at radius 3 is 2.07 bits per heavy atom. The summed E-state index contributed by atoms with van der Waals surface area (Å²) < 4.78 is 37.0. The number of nitrogens with one attached hydrogen (secondary N) is 1. The average Bonchev–Trinajstić information content (AvgIpc) is 3.51. The first-order chi connectivity index (χ1) is 20.8. The maximum Gasteiger partial charge on any atom is 0.416 e. The van der Waals surface area contributed by atoms with Crippen LogP contribution >= 0.6 is 0 Å². The lowest BCUT2D eigenvalue weighted by Gasteiger charge is -2.23. The number of primary amides is 1. The number of nitrogens with two attached hydrogens (primary N) is 1. The van der Waals surface area contributed by atoms with Crippen molar-refractivity contribution >= 4 is 17.7 Å². The van der Waals surface area contributed by atoms with Crippen LogP contribution in [-0.4, -0.2) is 66.8 Å². The molecule has 3 N–H and O–H groups in total. The first-order valence-electron chi connectivity index (χ1n) is 15.7. The van der Waals surface area contributed by atoms with Gasteiger partial charge in [-0.3, -0.25) is 14.4 Å². The van der Waals surface area contributed by atoms with Crippen LogP contribution in [0.5, 0.6) is 0 Å². The molecule has 10 heteroatoms. The Hall–Kier alpha value is -3.40. The van der Waals surface area contributed by atoms with Crippen LogP contribution < -0.4 is 11.1 Å². The molecule has 1 saturated heterocycles. The molecule has 2 aromatic rings. The monoisotopic (exact) mass is 620 g/mol. The van der Waals surface area contributed by atoms with Crippen LogP contribution in [0.4, 0.5) is 13.2 Å². The lowest BCUT2D eigenvalue weighted by molar-refractivity contribution is -0.137. The second-order valence-electron chi connectivity index (χ2n) is 11.3. The van der Waals surface area contributed by atoms with E-state index in [1.165, 1.54) is 50.5 Å². The van der Waals surface area contributed by atoms with E-state index in [0.29, 0.717) is 12.0 Å². The summed E-state index contributed by atoms with van der Waals surface area (Å²) in [5, 5.41) is 2.10. The number of carbonyl (C=O) groups excluding carboxylic acids is 3. The van der Waals surface area contributed by atoms with Gasteiger partial charge in [0.2, 0.25) is 5.91 Å². The zero-order valence-electron chi connectivity index (χ0n) is 27.0. The summed E-state index contributed by atoms with van der Waals surface area (Å²) in [4.78, 5) is 38.7. The van der Waals surface area contributed by atoms with E-state index in [9.17, 15) is 27.6 Å². The first-order valence-corrected chi connectivity index (χ1v) is 15.7. The fourth-order valence-corrected chi connectivity index (χ4v) is 4.49. The van der Waals surface area contributed by atoms with Gasteiger partial charge in [0.05, 0.1) is 12.1 Å². The van der Waals surface area contributed by atoms with E-state index in [1.54, 1.807) is 0 Å². The van der Waals surface area contributed by atoms with E-state index in [2.05, 4.69) is 57.0 Å². The highest BCUT2D eigenvalue weighted by Crippen LogP contribution is 2.29. The van der Waals surface area contributed by atoms with Crippen LogP contribution in [0.25, 0.3) is 0 Å². The molecule has 1 fully saturated rings. The average molecular weight is 621 g/mol. The van der Waals surface area contributed by atoms with Gasteiger partial charge in [-0.05, 0) is 100.0 Å². The summed E-state index contributed by atoms with van der Waals surface area (Å²) in [6, 6.07) is 11.9. The molecule has 0 bridgehead atoms. The van der Waals surface area contributed by atoms with Gasteiger partial charge in [0.15, 0.2) is 0 Å². The Kier molecular flexibility index (Phi) is 18.0. The van der Waals surface area contributed by atoms with Crippen molar-refractivity contribution in [1.29, 1.82) is 0 Å². The molecule has 0 radical (unpaired) electrons. The molecule has 1 heterocycles. The van der Waals surface area contributed by atoms with Crippen molar-refractivity contribution < 1.29 is 27.6 Å². The third-order valence-corrected chi connectivity index (χ3v) is 6.98. The molecule has 0 aliphatic carbocycles. The standard InChI is InChI=1S/C17H27NO.C10H9F3N2O2.C7H15N/c1-5-12-18(13-11-14(3)4)17(19)16-9-7-15(6-2)8-10-16;11-10(12,13)7-3-1-2-6(4-7)9(17)15-5-8(14)16;1-2-5-8-6-3-4-7-8/h7-10,14H,5-6,11-13H2,1-4H3;1-4H,5H2,(H2,14,16)(H,15,17);2-7H2,1H3. The maximum atomic E-state index is 12.5. The van der Waals surface area contributed by atoms with Gasteiger partial charge in [0, 0.05) is 24.2 Å². The quantitative estimate of drug-likeness (QED) is 0.281. The predicted molar refractivity (Wildman–Crippen MR) is 170 cm³/mol. The number of halogens is 3. The van der Waals surface area contributed by atoms with E-state index in [0.717, 1.165) is 50.0 Å². The fraction of sp³-hybridized carbons (Fsp3) is 0.559. The van der Waals surface area contributed by atoms with Gasteiger partial charge in [-0.25, -0.2) is 0 Å². The van der Waals surface area contributed by atoms with Crippen molar-refractivity contribution in [3.05, 3.63) is 70.8 Å². The highest BCUT2D eigenvalue weighted by atomic mass is 19.4. The summed E-state index contributed by atoms with van der Waals surface area (Å²) >= 11 is 0. The highest BCUT2D eigenvalue weighted by molar-refractivity contribution is 5.96. The Balaban J connectivity index is 0.000000355. The molecule has 0 aromatic heterocycles. The van der Waals surface area contributed by atoms with Crippen LogP contribution in [0, 0.1) is 5.92 Å². The van der Waals surface area contributed by atoms with Crippen molar-refractivity contribution in [3.8, 4) is 0 Å². The number of alkyl halides is 3. The summed E-state index contributed by atoms with van der Waals surface area (Å²) in [6.07, 6.45) is 2.76. The number of hydrogen-bond acceptors (Lipinski definition) is 4. The van der Waals surface area contributed by atoms with Gasteiger partial charge in [-0.2, -0.15) is 13.2 Å². The lowest BCUT2D eigenvalue weighted by atomic mass is 10.1. The molecule has 3 rings (SSSR count). The molecule has 0 spiro atoms. The molecule has 44 heavy (non-hydrogen) atoms. The van der Waals surface area contributed by atoms with E-state index < -0.39 is 30.1 Å². The molecule has 0 atom stereocenters. The molecule has 3 amide bonds. The first kappa shape index (κ1) is 38.6. The number of rotatable bonds is 12. The lowest BCUT2D eigenvalue weighted by Crippen LogP contribution is -2.33. The molecule has 0 unspecified atom stereocenters. The van der Waals surface area contributed by atoms with Gasteiger partial charge in [-0.1, -0.05) is 52.8 Å². The molecular formula is C34H51F3N4O3. The van der Waals surface area contributed by atoms with Gasteiger partial charge in [-0.15, -0.1) is 0 Å². The van der Waals surface area contributed by atoms with Gasteiger partial charge in [0.1, 0.15) is 0 Å². The fourth-order valence-electron chi connectivity index (χ4n) is 4.49. The topological polar surface area (TPSA) is 95.7 Å². The van der Waals surface area contributed by atoms with Gasteiger partial charge >= 0.3 is 6.18 Å². The van der Waals surface area contributed by atoms with Crippen molar-refractivity contribution in [2.45, 2.75) is 79.3 Å². The number of likely N-dealkylation sites (tertiary alicyclic amines) is 1. The number of amides is 3. The normalized spacial score (nSPS) is 12.9. The largest absolute Gasteiger partial charge is 0.416 e. The van der Waals surface area contributed by atoms with Crippen molar-refractivity contribution in [1.82, 2.24) is 15.1 Å². The van der Waals surface area contributed by atoms with Crippen molar-refractivity contribution in [3.63, 3.8) is 0 Å². The minimum Gasteiger partial charge on any atom is -0.368 e. The summed E-state index contributed by atoms with van der Waals surface area (Å²) in [5.74, 6) is -0.750. The van der Waals surface area contributed by atoms with Crippen LogP contribution in [0.3, 0.4) is 0 Å². The third kappa shape index (κ3) is 15.4. The summed E-state index contributed by atoms with van der Waals surface area (Å²) in [7, 11) is 0. The third-order valence-electron chi connectivity index (χ3n) is 6.98. The number of carbonyl (C=O) groups is 3. The second kappa shape index (κ2) is 20.5. The summed E-state index contributed by atoms with van der Waals surface area (Å²) in [5.41, 5.74) is 5.77. The molecule has 7 nitrogen and oxygen atoms in total. The number of benzene rings is 2. The Morgan fingerprint density at radius 2 is 1.57 bits per heavy atom. The van der Waals surface area contributed by atoms with Crippen LogP contribution in [0.15, 0.2) is 48.5 Å². The zero-order valence-corrected chi connectivity index (χ0v) is 27.0. The molecular weight excluding hydrogens is 569 g/mol. The maximum absolute atomic E-state index is 12.5. The summed E-state index contributed by atoms with van der Waals surface area (Å²) in [6.45, 7) is 16.2. The smallest absolute Gasteiger partial charge is 0.368 e. The van der Waals surface area contributed by atoms with E-state index >= 15 is 0 Å². The van der Waals surface area contributed by atoms with E-state index in [1.807, 2.05) is 17.0 Å². The number of nitrogens with zero attached hydrogens (tertiary/aromatic N) is 2. The van der Waals surface area contributed by atoms with Crippen LogP contribution in [-0.2, 0) is 17.4 Å². The Labute approximate surface area is 261 Å². The van der Waals surface area contributed by atoms with Crippen molar-refractivity contribution in [2.24, 2.45) is 11.7 Å². The number of aryl methyl sites for hydroxylation is 1. The van der Waals surface area contributed by atoms with Crippen LogP contribution in [0.1, 0.15) is 98.6 Å². The SMILES string of the molecule is CCCN(CCC(C)C)C(=O)c1ccc(CC)cc1.CCCN1CCCC1.NC(=O)CNC(=O)c1cccc(C(F)(F)F)c1. The molecule has 0 saturated carbocycles.